The van der Waals surface area contributed by atoms with Gasteiger partial charge in [-0.3, -0.25) is 13.7 Å². The number of hydrogen-bond donors (Lipinski definition) is 5. The lowest BCUT2D eigenvalue weighted by molar-refractivity contribution is -0.0483. The average molecular weight is 604 g/mol. The van der Waals surface area contributed by atoms with Crippen molar-refractivity contribution in [1.82, 2.24) is 19.5 Å². The van der Waals surface area contributed by atoms with E-state index in [-0.39, 0.29) is 17.0 Å². The number of halogens is 1. The fourth-order valence-corrected chi connectivity index (χ4v) is 7.76. The van der Waals surface area contributed by atoms with Gasteiger partial charge in [0.2, 0.25) is 5.28 Å². The topological polar surface area (TPSA) is 201 Å². The molecule has 5 rings (SSSR count). The number of benzene rings is 1. The van der Waals surface area contributed by atoms with Crippen LogP contribution in [0, 0.1) is 0 Å². The first-order valence-corrected chi connectivity index (χ1v) is 16.1. The summed E-state index contributed by atoms with van der Waals surface area (Å²) in [4.78, 5) is 43.1. The molecular weight excluding hydrogens is 576 g/mol. The number of anilines is 1. The summed E-state index contributed by atoms with van der Waals surface area (Å²) in [6.45, 7) is 0.00797. The largest absolute Gasteiger partial charge is 0.387 e. The van der Waals surface area contributed by atoms with Gasteiger partial charge in [0.05, 0.1) is 19.0 Å². The summed E-state index contributed by atoms with van der Waals surface area (Å²) in [5.41, 5.74) is 1.78. The number of aromatic nitrogens is 4. The van der Waals surface area contributed by atoms with Crippen molar-refractivity contribution >= 4 is 43.8 Å². The van der Waals surface area contributed by atoms with Crippen LogP contribution >= 0.6 is 26.8 Å². The molecule has 5 N–H and O–H groups in total. The lowest BCUT2D eigenvalue weighted by Crippen LogP contribution is -2.34. The minimum atomic E-state index is -4.83. The van der Waals surface area contributed by atoms with Crippen molar-refractivity contribution in [2.75, 3.05) is 24.0 Å². The van der Waals surface area contributed by atoms with E-state index in [0.29, 0.717) is 17.9 Å². The highest BCUT2D eigenvalue weighted by Crippen LogP contribution is 2.55. The Morgan fingerprint density at radius 2 is 1.82 bits per heavy atom. The van der Waals surface area contributed by atoms with Crippen molar-refractivity contribution in [2.24, 2.45) is 0 Å². The van der Waals surface area contributed by atoms with E-state index in [4.69, 9.17) is 30.6 Å². The van der Waals surface area contributed by atoms with E-state index in [1.54, 1.807) is 0 Å². The van der Waals surface area contributed by atoms with Crippen LogP contribution < -0.4 is 4.90 Å². The Morgan fingerprint density at radius 1 is 1.08 bits per heavy atom. The molecule has 14 nitrogen and oxygen atoms in total. The van der Waals surface area contributed by atoms with Crippen molar-refractivity contribution in [1.29, 1.82) is 0 Å². The van der Waals surface area contributed by atoms with E-state index in [0.717, 1.165) is 24.8 Å². The maximum atomic E-state index is 12.0. The zero-order chi connectivity index (χ0) is 27.9. The fourth-order valence-electron chi connectivity index (χ4n) is 5.03. The van der Waals surface area contributed by atoms with Gasteiger partial charge in [-0.15, -0.1) is 0 Å². The molecule has 2 fully saturated rings. The monoisotopic (exact) mass is 603 g/mol. The van der Waals surface area contributed by atoms with Gasteiger partial charge in [0.15, 0.2) is 29.1 Å². The predicted molar refractivity (Wildman–Crippen MR) is 139 cm³/mol. The molecule has 1 aromatic carbocycles. The Labute approximate surface area is 227 Å². The molecule has 17 heteroatoms. The number of fused-ring (bicyclic) bond motifs is 1. The first-order chi connectivity index (χ1) is 18.4. The van der Waals surface area contributed by atoms with Crippen LogP contribution in [0.2, 0.25) is 5.28 Å². The lowest BCUT2D eigenvalue weighted by Gasteiger charge is -2.37. The molecule has 2 unspecified atom stereocenters. The van der Waals surface area contributed by atoms with Crippen LogP contribution in [0.3, 0.4) is 0 Å². The maximum Gasteiger partial charge on any atom is 0.340 e. The molecule has 6 atom stereocenters. The van der Waals surface area contributed by atoms with Gasteiger partial charge >= 0.3 is 15.2 Å². The van der Waals surface area contributed by atoms with Gasteiger partial charge < -0.3 is 39.1 Å². The molecule has 212 valence electrons. The summed E-state index contributed by atoms with van der Waals surface area (Å²) in [5.74, 6) is -0.872. The van der Waals surface area contributed by atoms with Crippen LogP contribution in [-0.2, 0) is 18.4 Å². The van der Waals surface area contributed by atoms with Gasteiger partial charge in [0.1, 0.15) is 18.3 Å². The second-order valence-electron chi connectivity index (χ2n) is 9.54. The molecule has 39 heavy (non-hydrogen) atoms. The van der Waals surface area contributed by atoms with Crippen molar-refractivity contribution in [3.63, 3.8) is 0 Å². The normalized spacial score (nSPS) is 27.6. The number of aliphatic hydroxyl groups excluding tert-OH is 2. The smallest absolute Gasteiger partial charge is 0.340 e. The van der Waals surface area contributed by atoms with Crippen LogP contribution in [0.15, 0.2) is 36.7 Å². The molecule has 2 saturated heterocycles. The van der Waals surface area contributed by atoms with Crippen LogP contribution in [-0.4, -0.2) is 81.8 Å². The molecule has 0 radical (unpaired) electrons. The Hall–Kier alpha value is -1.96. The van der Waals surface area contributed by atoms with Crippen molar-refractivity contribution in [3.8, 4) is 0 Å². The van der Waals surface area contributed by atoms with E-state index in [1.807, 2.05) is 18.2 Å². The molecule has 0 spiro atoms. The van der Waals surface area contributed by atoms with E-state index in [2.05, 4.69) is 32.0 Å². The van der Waals surface area contributed by atoms with Gasteiger partial charge in [0, 0.05) is 6.54 Å². The highest BCUT2D eigenvalue weighted by molar-refractivity contribution is 7.70. The van der Waals surface area contributed by atoms with Crippen LogP contribution in [0.4, 0.5) is 5.82 Å². The van der Waals surface area contributed by atoms with E-state index >= 15 is 0 Å². The minimum absolute atomic E-state index is 0.0401. The van der Waals surface area contributed by atoms with Gasteiger partial charge in [0.25, 0.3) is 0 Å². The molecule has 3 aromatic rings. The second-order valence-corrected chi connectivity index (χ2v) is 13.9. The fraction of sp³-hybridized carbons (Fsp3) is 0.500. The second kappa shape index (κ2) is 11.1. The van der Waals surface area contributed by atoms with Gasteiger partial charge in [-0.2, -0.15) is 9.97 Å². The van der Waals surface area contributed by atoms with Gasteiger partial charge in [-0.05, 0) is 36.4 Å². The summed E-state index contributed by atoms with van der Waals surface area (Å²) in [7, 11) is -9.53. The summed E-state index contributed by atoms with van der Waals surface area (Å²) in [6, 6.07) is 10.1. The molecular formula is C22H28ClN5O9P2. The Balaban J connectivity index is 1.42. The standard InChI is InChI=1S/C22H28ClN5O9P2/c23-22-25-19(27-9-5-4-8-14(27)13-6-2-1-3-7-13)16-20(26-22)28(11-24-16)21-18(30)17(29)15(37-21)10-36-39(34,35)12-38(31,32)33/h1-3,6-7,11,14-15,17-18,21,29-30H,4-5,8-10,12H2,(H,34,35)(H2,31,32,33)/t14?,15-,17-,18-,21-/m1/s1. The zero-order valence-electron chi connectivity index (χ0n) is 20.5. The highest BCUT2D eigenvalue weighted by Gasteiger charge is 2.46. The van der Waals surface area contributed by atoms with Crippen LogP contribution in [0.25, 0.3) is 11.2 Å². The summed E-state index contributed by atoms with van der Waals surface area (Å²) in [5, 5.41) is 21.2. The highest BCUT2D eigenvalue weighted by atomic mass is 35.5. The molecule has 0 aliphatic carbocycles. The van der Waals surface area contributed by atoms with Crippen LogP contribution in [0.1, 0.15) is 37.1 Å². The van der Waals surface area contributed by atoms with Crippen LogP contribution in [0.5, 0.6) is 0 Å². The number of piperidine rings is 1. The molecule has 4 heterocycles. The maximum absolute atomic E-state index is 12.0. The predicted octanol–water partition coefficient (Wildman–Crippen LogP) is 2.17. The number of rotatable bonds is 8. The molecule has 0 bridgehead atoms. The average Bonchev–Trinajstić information content (AvgIpc) is 3.42. The molecule has 0 saturated carbocycles. The van der Waals surface area contributed by atoms with E-state index in [1.165, 1.54) is 10.9 Å². The number of hydrogen-bond acceptors (Lipinski definition) is 10. The molecule has 0 amide bonds. The lowest BCUT2D eigenvalue weighted by atomic mass is 9.95. The molecule has 2 aromatic heterocycles. The van der Waals surface area contributed by atoms with E-state index in [9.17, 15) is 24.2 Å². The summed E-state index contributed by atoms with van der Waals surface area (Å²) in [6.07, 6.45) is -1.31. The first-order valence-electron chi connectivity index (χ1n) is 12.2. The number of imidazole rings is 1. The molecule has 2 aliphatic rings. The van der Waals surface area contributed by atoms with E-state index < -0.39 is 52.2 Å². The quantitative estimate of drug-likeness (QED) is 0.185. The third-order valence-electron chi connectivity index (χ3n) is 6.75. The number of nitrogens with zero attached hydrogens (tertiary/aromatic N) is 5. The van der Waals surface area contributed by atoms with Gasteiger partial charge in [-0.25, -0.2) is 4.98 Å². The van der Waals surface area contributed by atoms with Crippen molar-refractivity contribution in [2.45, 2.75) is 49.8 Å². The summed E-state index contributed by atoms with van der Waals surface area (Å²) < 4.78 is 35.0. The third kappa shape index (κ3) is 6.20. The Bertz CT molecular complexity index is 1420. The summed E-state index contributed by atoms with van der Waals surface area (Å²) >= 11 is 6.33. The van der Waals surface area contributed by atoms with Crippen molar-refractivity contribution in [3.05, 3.63) is 47.5 Å². The minimum Gasteiger partial charge on any atom is -0.387 e. The number of ether oxygens (including phenoxy) is 1. The zero-order valence-corrected chi connectivity index (χ0v) is 23.0. The Morgan fingerprint density at radius 3 is 2.54 bits per heavy atom. The third-order valence-corrected chi connectivity index (χ3v) is 10.4. The molecule has 2 aliphatic heterocycles. The van der Waals surface area contributed by atoms with Crippen molar-refractivity contribution < 1.29 is 43.3 Å². The first kappa shape index (κ1) is 28.6. The SMILES string of the molecule is O=P(O)(O)CP(=O)(O)OC[C@H]1O[C@@H](n2cnc3c(N4CCCCC4c4ccccc4)nc(Cl)nc32)[C@H](O)[C@@H]1O. The van der Waals surface area contributed by atoms with Gasteiger partial charge in [-0.1, -0.05) is 30.3 Å². The number of aliphatic hydroxyl groups is 2. The Kier molecular flexibility index (Phi) is 8.16.